The molecule has 3 aromatic heterocycles. The van der Waals surface area contributed by atoms with Crippen molar-refractivity contribution in [3.63, 3.8) is 0 Å². The highest BCUT2D eigenvalue weighted by Gasteiger charge is 2.21. The van der Waals surface area contributed by atoms with Crippen molar-refractivity contribution in [3.05, 3.63) is 194 Å². The van der Waals surface area contributed by atoms with Gasteiger partial charge in [-0.15, -0.1) is 0 Å². The number of aromatic nitrogens is 4. The van der Waals surface area contributed by atoms with Crippen LogP contribution >= 0.6 is 0 Å². The molecule has 0 N–H and O–H groups in total. The third kappa shape index (κ3) is 5.14. The molecule has 0 unspecified atom stereocenters. The van der Waals surface area contributed by atoms with E-state index in [1.807, 2.05) is 54.6 Å². The zero-order valence-corrected chi connectivity index (χ0v) is 31.2. The van der Waals surface area contributed by atoms with Gasteiger partial charge >= 0.3 is 0 Å². The maximum absolute atomic E-state index is 6.29. The van der Waals surface area contributed by atoms with Crippen LogP contribution in [-0.4, -0.2) is 19.5 Å². The van der Waals surface area contributed by atoms with Gasteiger partial charge in [-0.25, -0.2) is 15.0 Å². The van der Waals surface area contributed by atoms with Crippen molar-refractivity contribution in [2.24, 2.45) is 0 Å². The van der Waals surface area contributed by atoms with Crippen LogP contribution in [0.1, 0.15) is 0 Å². The molecule has 0 aliphatic rings. The second-order valence-corrected chi connectivity index (χ2v) is 14.8. The summed E-state index contributed by atoms with van der Waals surface area (Å²) in [6.45, 7) is 0. The molecule has 0 aliphatic heterocycles. The van der Waals surface area contributed by atoms with E-state index < -0.39 is 0 Å². The highest BCUT2D eigenvalue weighted by Crippen LogP contribution is 2.42. The number of benzene rings is 9. The fourth-order valence-corrected chi connectivity index (χ4v) is 8.67. The summed E-state index contributed by atoms with van der Waals surface area (Å²) in [6.07, 6.45) is 0. The van der Waals surface area contributed by atoms with Gasteiger partial charge in [-0.3, -0.25) is 0 Å². The van der Waals surface area contributed by atoms with Gasteiger partial charge in [-0.2, -0.15) is 0 Å². The third-order valence-electron chi connectivity index (χ3n) is 11.4. The lowest BCUT2D eigenvalue weighted by atomic mass is 9.99. The molecule has 9 aromatic carbocycles. The second-order valence-electron chi connectivity index (χ2n) is 14.8. The van der Waals surface area contributed by atoms with Crippen molar-refractivity contribution in [1.82, 2.24) is 19.5 Å². The van der Waals surface area contributed by atoms with Crippen molar-refractivity contribution in [2.75, 3.05) is 0 Å². The molecular weight excluding hydrogens is 709 g/mol. The van der Waals surface area contributed by atoms with Gasteiger partial charge in [0.15, 0.2) is 17.5 Å². The molecule has 270 valence electrons. The van der Waals surface area contributed by atoms with Gasteiger partial charge in [0.25, 0.3) is 0 Å². The highest BCUT2D eigenvalue weighted by atomic mass is 16.3. The van der Waals surface area contributed by atoms with Crippen molar-refractivity contribution < 1.29 is 4.42 Å². The second kappa shape index (κ2) is 12.8. The molecule has 0 aliphatic carbocycles. The van der Waals surface area contributed by atoms with Crippen molar-refractivity contribution in [3.8, 4) is 51.0 Å². The zero-order valence-electron chi connectivity index (χ0n) is 31.2. The van der Waals surface area contributed by atoms with E-state index in [9.17, 15) is 0 Å². The Balaban J connectivity index is 1.11. The molecule has 0 bridgehead atoms. The summed E-state index contributed by atoms with van der Waals surface area (Å²) in [5, 5.41) is 9.51. The topological polar surface area (TPSA) is 56.7 Å². The largest absolute Gasteiger partial charge is 0.456 e. The molecular formula is C53H32N4O. The van der Waals surface area contributed by atoms with Gasteiger partial charge in [0.1, 0.15) is 11.2 Å². The summed E-state index contributed by atoms with van der Waals surface area (Å²) >= 11 is 0. The molecule has 0 fully saturated rings. The number of rotatable bonds is 5. The smallest absolute Gasteiger partial charge is 0.164 e. The molecule has 3 heterocycles. The standard InChI is InChI=1S/C53H32N4O/c1-3-13-33(14-4-1)43-30-38(25-27-45(43)57-46-28-24-34-15-9-10-20-40(34)50(46)44-29-36-18-7-8-19-37(36)31-47(44)57)52-54-51(35-16-5-2-6-17-35)55-53(56-52)39-23-26-42-41-21-11-12-22-48(41)58-49(42)32-39/h1-32H. The Labute approximate surface area is 333 Å². The Morgan fingerprint density at radius 2 is 0.931 bits per heavy atom. The lowest BCUT2D eigenvalue weighted by Crippen LogP contribution is -2.02. The number of fused-ring (bicyclic) bond motifs is 9. The molecule has 12 aromatic rings. The minimum absolute atomic E-state index is 0.581. The normalized spacial score (nSPS) is 11.8. The van der Waals surface area contributed by atoms with E-state index in [1.54, 1.807) is 0 Å². The molecule has 0 amide bonds. The minimum atomic E-state index is 0.581. The first kappa shape index (κ1) is 32.4. The predicted octanol–water partition coefficient (Wildman–Crippen LogP) is 13.8. The first-order chi connectivity index (χ1) is 28.7. The maximum atomic E-state index is 6.29. The van der Waals surface area contributed by atoms with Crippen LogP contribution in [0.15, 0.2) is 199 Å². The van der Waals surface area contributed by atoms with E-state index in [0.717, 1.165) is 66.5 Å². The minimum Gasteiger partial charge on any atom is -0.456 e. The van der Waals surface area contributed by atoms with Crippen LogP contribution in [0.2, 0.25) is 0 Å². The molecule has 58 heavy (non-hydrogen) atoms. The first-order valence-electron chi connectivity index (χ1n) is 19.5. The van der Waals surface area contributed by atoms with E-state index in [0.29, 0.717) is 17.5 Å². The summed E-state index contributed by atoms with van der Waals surface area (Å²) < 4.78 is 8.73. The summed E-state index contributed by atoms with van der Waals surface area (Å²) in [5.41, 5.74) is 9.89. The average molecular weight is 741 g/mol. The van der Waals surface area contributed by atoms with E-state index in [4.69, 9.17) is 19.4 Å². The van der Waals surface area contributed by atoms with E-state index >= 15 is 0 Å². The molecule has 5 nitrogen and oxygen atoms in total. The first-order valence-corrected chi connectivity index (χ1v) is 19.5. The Morgan fingerprint density at radius 3 is 1.71 bits per heavy atom. The lowest BCUT2D eigenvalue weighted by molar-refractivity contribution is 0.669. The van der Waals surface area contributed by atoms with Gasteiger partial charge in [-0.05, 0) is 81.7 Å². The lowest BCUT2D eigenvalue weighted by Gasteiger charge is -2.16. The number of hydrogen-bond donors (Lipinski definition) is 0. The van der Waals surface area contributed by atoms with Crippen LogP contribution in [0.5, 0.6) is 0 Å². The molecule has 0 spiro atoms. The molecule has 0 saturated heterocycles. The van der Waals surface area contributed by atoms with Gasteiger partial charge < -0.3 is 8.98 Å². The van der Waals surface area contributed by atoms with Gasteiger partial charge in [-0.1, -0.05) is 140 Å². The van der Waals surface area contributed by atoms with Crippen LogP contribution < -0.4 is 0 Å². The van der Waals surface area contributed by atoms with Crippen molar-refractivity contribution >= 4 is 65.3 Å². The van der Waals surface area contributed by atoms with Crippen molar-refractivity contribution in [2.45, 2.75) is 0 Å². The van der Waals surface area contributed by atoms with Gasteiger partial charge in [0.2, 0.25) is 0 Å². The number of hydrogen-bond acceptors (Lipinski definition) is 4. The van der Waals surface area contributed by atoms with Crippen LogP contribution in [0.4, 0.5) is 0 Å². The molecule has 0 radical (unpaired) electrons. The Kier molecular flexibility index (Phi) is 7.16. The zero-order chi connectivity index (χ0) is 38.2. The molecule has 0 saturated carbocycles. The Morgan fingerprint density at radius 1 is 0.345 bits per heavy atom. The highest BCUT2D eigenvalue weighted by molar-refractivity contribution is 6.23. The van der Waals surface area contributed by atoms with E-state index in [2.05, 4.69) is 144 Å². The summed E-state index contributed by atoms with van der Waals surface area (Å²) in [6, 6.07) is 68.2. The summed E-state index contributed by atoms with van der Waals surface area (Å²) in [7, 11) is 0. The number of nitrogens with zero attached hydrogens (tertiary/aromatic N) is 4. The number of para-hydroxylation sites is 1. The summed E-state index contributed by atoms with van der Waals surface area (Å²) in [5.74, 6) is 1.78. The molecule has 0 atom stereocenters. The molecule has 5 heteroatoms. The number of furan rings is 1. The van der Waals surface area contributed by atoms with E-state index in [-0.39, 0.29) is 0 Å². The Bertz CT molecular complexity index is 3570. The maximum Gasteiger partial charge on any atom is 0.164 e. The van der Waals surface area contributed by atoms with Crippen LogP contribution in [0, 0.1) is 0 Å². The fraction of sp³-hybridized carbons (Fsp3) is 0. The predicted molar refractivity (Wildman–Crippen MR) is 238 cm³/mol. The fourth-order valence-electron chi connectivity index (χ4n) is 8.67. The SMILES string of the molecule is c1ccc(-c2nc(-c3ccc(-n4c5cc6ccccc6cc5c5c6ccccc6ccc54)c(-c4ccccc4)c3)nc(-c3ccc4c(c3)oc3ccccc34)n2)cc1. The van der Waals surface area contributed by atoms with Gasteiger partial charge in [0.05, 0.1) is 16.7 Å². The van der Waals surface area contributed by atoms with Crippen molar-refractivity contribution in [1.29, 1.82) is 0 Å². The van der Waals surface area contributed by atoms with Crippen LogP contribution in [0.25, 0.3) is 116 Å². The third-order valence-corrected chi connectivity index (χ3v) is 11.4. The summed E-state index contributed by atoms with van der Waals surface area (Å²) in [4.78, 5) is 15.4. The molecule has 12 rings (SSSR count). The van der Waals surface area contributed by atoms with Crippen LogP contribution in [0.3, 0.4) is 0 Å². The Hall–Kier alpha value is -7.89. The van der Waals surface area contributed by atoms with Crippen LogP contribution in [-0.2, 0) is 0 Å². The monoisotopic (exact) mass is 740 g/mol. The average Bonchev–Trinajstić information content (AvgIpc) is 3.83. The quantitative estimate of drug-likeness (QED) is 0.176. The van der Waals surface area contributed by atoms with E-state index in [1.165, 1.54) is 32.3 Å². The van der Waals surface area contributed by atoms with Gasteiger partial charge in [0, 0.05) is 43.8 Å².